The Morgan fingerprint density at radius 3 is 2.73 bits per heavy atom. The van der Waals surface area contributed by atoms with Crippen molar-refractivity contribution >= 4 is 29.3 Å². The summed E-state index contributed by atoms with van der Waals surface area (Å²) < 4.78 is 0.262. The highest BCUT2D eigenvalue weighted by atomic mass is 32.2. The van der Waals surface area contributed by atoms with E-state index in [-0.39, 0.29) is 10.7 Å². The number of piperazine rings is 1. The summed E-state index contributed by atoms with van der Waals surface area (Å²) in [7, 11) is 1.85. The largest absolute Gasteiger partial charge is 0.360 e. The minimum Gasteiger partial charge on any atom is -0.360 e. The van der Waals surface area contributed by atoms with Crippen LogP contribution in [0, 0.1) is 0 Å². The molecule has 2 N–H and O–H groups in total. The first kappa shape index (κ1) is 18.9. The van der Waals surface area contributed by atoms with E-state index in [1.54, 1.807) is 0 Å². The zero-order valence-electron chi connectivity index (χ0n) is 15.9. The van der Waals surface area contributed by atoms with Crippen molar-refractivity contribution in [2.45, 2.75) is 25.1 Å². The van der Waals surface area contributed by atoms with Crippen LogP contribution in [0.1, 0.15) is 19.4 Å². The maximum absolute atomic E-state index is 11.5. The van der Waals surface area contributed by atoms with Crippen LogP contribution in [0.5, 0.6) is 0 Å². The molecular formula is C19H29N5OS. The van der Waals surface area contributed by atoms with Crippen LogP contribution in [0.2, 0.25) is 0 Å². The van der Waals surface area contributed by atoms with Crippen LogP contribution in [0.25, 0.3) is 0 Å². The van der Waals surface area contributed by atoms with Crippen LogP contribution < -0.4 is 15.5 Å². The number of hydrogen-bond acceptors (Lipinski definition) is 4. The van der Waals surface area contributed by atoms with Gasteiger partial charge in [0, 0.05) is 56.0 Å². The fourth-order valence-electron chi connectivity index (χ4n) is 3.39. The lowest BCUT2D eigenvalue weighted by atomic mass is 10.1. The highest BCUT2D eigenvalue weighted by Gasteiger charge is 2.28. The maximum atomic E-state index is 11.5. The molecule has 0 aliphatic carbocycles. The summed E-state index contributed by atoms with van der Waals surface area (Å²) in [6, 6.07) is 8.44. The lowest BCUT2D eigenvalue weighted by Gasteiger charge is -2.39. The smallest absolute Gasteiger partial charge is 0.239 e. The Balaban J connectivity index is 1.56. The van der Waals surface area contributed by atoms with Crippen molar-refractivity contribution < 1.29 is 4.79 Å². The molecule has 0 spiro atoms. The molecule has 2 fully saturated rings. The monoisotopic (exact) mass is 375 g/mol. The fraction of sp³-hybridized carbons (Fsp3) is 0.579. The number of hydrogen-bond donors (Lipinski definition) is 2. The molecule has 0 aromatic heterocycles. The number of aliphatic imine (C=N–C) groups is 1. The van der Waals surface area contributed by atoms with Crippen molar-refractivity contribution in [1.29, 1.82) is 0 Å². The summed E-state index contributed by atoms with van der Waals surface area (Å²) >= 11 is 2.02. The van der Waals surface area contributed by atoms with E-state index in [1.807, 2.05) is 18.8 Å². The molecule has 2 heterocycles. The molecule has 1 aromatic carbocycles. The Morgan fingerprint density at radius 1 is 1.31 bits per heavy atom. The van der Waals surface area contributed by atoms with Gasteiger partial charge in [0.05, 0.1) is 6.54 Å². The van der Waals surface area contributed by atoms with Gasteiger partial charge in [0.15, 0.2) is 5.96 Å². The quantitative estimate of drug-likeness (QED) is 0.620. The fourth-order valence-corrected chi connectivity index (χ4v) is 4.51. The van der Waals surface area contributed by atoms with E-state index in [2.05, 4.69) is 63.5 Å². The van der Waals surface area contributed by atoms with E-state index in [1.165, 1.54) is 5.56 Å². The van der Waals surface area contributed by atoms with Gasteiger partial charge < -0.3 is 20.4 Å². The Kier molecular flexibility index (Phi) is 5.96. The lowest BCUT2D eigenvalue weighted by molar-refractivity contribution is -0.120. The number of carbonyl (C=O) groups excluding carboxylic acids is 1. The molecule has 2 aliphatic heterocycles. The standard InChI is InChI=1S/C19H29N5OS/c1-19(2)14-24(10-11-26-19)18(20-3)22-12-15-4-6-16(7-5-15)23-9-8-21-17(25)13-23/h4-7H,8-14H2,1-3H3,(H,20,22)(H,21,25). The first-order valence-electron chi connectivity index (χ1n) is 9.17. The molecule has 2 saturated heterocycles. The minimum absolute atomic E-state index is 0.0911. The number of guanidine groups is 1. The van der Waals surface area contributed by atoms with Crippen LogP contribution in [-0.4, -0.2) is 67.0 Å². The van der Waals surface area contributed by atoms with Crippen LogP contribution in [0.3, 0.4) is 0 Å². The Bertz CT molecular complexity index is 658. The molecule has 3 rings (SSSR count). The molecular weight excluding hydrogens is 346 g/mol. The van der Waals surface area contributed by atoms with Crippen LogP contribution in [0.4, 0.5) is 5.69 Å². The summed E-state index contributed by atoms with van der Waals surface area (Å²) in [5.74, 6) is 2.19. The van der Waals surface area contributed by atoms with E-state index in [4.69, 9.17) is 0 Å². The number of nitrogens with zero attached hydrogens (tertiary/aromatic N) is 3. The number of anilines is 1. The van der Waals surface area contributed by atoms with Crippen molar-refractivity contribution in [2.24, 2.45) is 4.99 Å². The molecule has 0 bridgehead atoms. The van der Waals surface area contributed by atoms with Gasteiger partial charge in [-0.1, -0.05) is 12.1 Å². The molecule has 7 heteroatoms. The van der Waals surface area contributed by atoms with E-state index in [9.17, 15) is 4.79 Å². The first-order valence-corrected chi connectivity index (χ1v) is 10.2. The third-order valence-electron chi connectivity index (χ3n) is 4.73. The Morgan fingerprint density at radius 2 is 2.08 bits per heavy atom. The van der Waals surface area contributed by atoms with Crippen molar-refractivity contribution in [3.63, 3.8) is 0 Å². The van der Waals surface area contributed by atoms with Gasteiger partial charge >= 0.3 is 0 Å². The number of thioether (sulfide) groups is 1. The van der Waals surface area contributed by atoms with E-state index in [0.717, 1.165) is 43.6 Å². The number of amides is 1. The van der Waals surface area contributed by atoms with E-state index >= 15 is 0 Å². The lowest BCUT2D eigenvalue weighted by Crippen LogP contribution is -2.50. The van der Waals surface area contributed by atoms with Gasteiger partial charge in [-0.15, -0.1) is 0 Å². The van der Waals surface area contributed by atoms with Crippen molar-refractivity contribution in [3.8, 4) is 0 Å². The predicted octanol–water partition coefficient (Wildman–Crippen LogP) is 1.53. The summed E-state index contributed by atoms with van der Waals surface area (Å²) in [6.45, 7) is 9.37. The Hall–Kier alpha value is -1.89. The van der Waals surface area contributed by atoms with Crippen LogP contribution in [0.15, 0.2) is 29.3 Å². The van der Waals surface area contributed by atoms with Gasteiger partial charge in [0.25, 0.3) is 0 Å². The molecule has 0 saturated carbocycles. The molecule has 0 atom stereocenters. The van der Waals surface area contributed by atoms with Crippen molar-refractivity contribution in [1.82, 2.24) is 15.5 Å². The third kappa shape index (κ3) is 4.84. The number of nitrogens with one attached hydrogen (secondary N) is 2. The molecule has 2 aliphatic rings. The molecule has 1 aromatic rings. The Labute approximate surface area is 160 Å². The third-order valence-corrected chi connectivity index (χ3v) is 6.02. The van der Waals surface area contributed by atoms with E-state index in [0.29, 0.717) is 13.1 Å². The van der Waals surface area contributed by atoms with Gasteiger partial charge in [0.2, 0.25) is 5.91 Å². The number of carbonyl (C=O) groups is 1. The zero-order chi connectivity index (χ0) is 18.6. The van der Waals surface area contributed by atoms with Gasteiger partial charge in [-0.2, -0.15) is 11.8 Å². The minimum atomic E-state index is 0.0911. The second kappa shape index (κ2) is 8.20. The molecule has 26 heavy (non-hydrogen) atoms. The predicted molar refractivity (Wildman–Crippen MR) is 110 cm³/mol. The van der Waals surface area contributed by atoms with E-state index < -0.39 is 0 Å². The first-order chi connectivity index (χ1) is 12.5. The summed E-state index contributed by atoms with van der Waals surface area (Å²) in [5.41, 5.74) is 2.31. The normalized spacial score (nSPS) is 20.7. The van der Waals surface area contributed by atoms with Crippen LogP contribution in [-0.2, 0) is 11.3 Å². The second-order valence-electron chi connectivity index (χ2n) is 7.37. The van der Waals surface area contributed by atoms with Crippen LogP contribution >= 0.6 is 11.8 Å². The van der Waals surface area contributed by atoms with Crippen molar-refractivity contribution in [3.05, 3.63) is 29.8 Å². The second-order valence-corrected chi connectivity index (χ2v) is 9.17. The molecule has 0 unspecified atom stereocenters. The maximum Gasteiger partial charge on any atom is 0.239 e. The average molecular weight is 376 g/mol. The number of rotatable bonds is 3. The van der Waals surface area contributed by atoms with Gasteiger partial charge in [-0.25, -0.2) is 0 Å². The van der Waals surface area contributed by atoms with Crippen molar-refractivity contribution in [2.75, 3.05) is 50.4 Å². The molecule has 6 nitrogen and oxygen atoms in total. The highest BCUT2D eigenvalue weighted by molar-refractivity contribution is 8.00. The summed E-state index contributed by atoms with van der Waals surface area (Å²) in [4.78, 5) is 20.5. The highest BCUT2D eigenvalue weighted by Crippen LogP contribution is 2.29. The molecule has 1 amide bonds. The summed E-state index contributed by atoms with van der Waals surface area (Å²) in [6.07, 6.45) is 0. The van der Waals surface area contributed by atoms with Gasteiger partial charge in [0.1, 0.15) is 0 Å². The van der Waals surface area contributed by atoms with Gasteiger partial charge in [-0.3, -0.25) is 9.79 Å². The average Bonchev–Trinajstić information content (AvgIpc) is 2.62. The molecule has 142 valence electrons. The van der Waals surface area contributed by atoms with Gasteiger partial charge in [-0.05, 0) is 31.5 Å². The SMILES string of the molecule is CN=C(NCc1ccc(N2CCNC(=O)C2)cc1)N1CCSC(C)(C)C1. The zero-order valence-corrected chi connectivity index (χ0v) is 16.7. The molecule has 0 radical (unpaired) electrons. The topological polar surface area (TPSA) is 60.0 Å². The summed E-state index contributed by atoms with van der Waals surface area (Å²) in [5, 5.41) is 6.35. The number of benzene rings is 1.